The van der Waals surface area contributed by atoms with Gasteiger partial charge in [-0.1, -0.05) is 6.07 Å². The largest absolute Gasteiger partial charge is 0.496 e. The van der Waals surface area contributed by atoms with E-state index in [1.807, 2.05) is 0 Å². The molecule has 0 aliphatic heterocycles. The molecule has 1 aliphatic carbocycles. The van der Waals surface area contributed by atoms with Crippen molar-refractivity contribution in [2.45, 2.75) is 29.8 Å². The van der Waals surface area contributed by atoms with Gasteiger partial charge in [0, 0.05) is 18.2 Å². The molecule has 0 spiro atoms. The SMILES string of the molecule is COc1cccc(S(C)(=O)=O)c1CC1(O)CC1. The van der Waals surface area contributed by atoms with Gasteiger partial charge in [-0.25, -0.2) is 8.42 Å². The number of sulfone groups is 1. The zero-order valence-electron chi connectivity index (χ0n) is 9.93. The first-order chi connectivity index (χ1) is 7.86. The first kappa shape index (κ1) is 12.4. The number of aliphatic hydroxyl groups is 1. The summed E-state index contributed by atoms with van der Waals surface area (Å²) in [5, 5.41) is 9.94. The second kappa shape index (κ2) is 3.99. The molecular weight excluding hydrogens is 240 g/mol. The zero-order valence-corrected chi connectivity index (χ0v) is 10.8. The average Bonchev–Trinajstić information content (AvgIpc) is 2.95. The van der Waals surface area contributed by atoms with Gasteiger partial charge in [0.2, 0.25) is 0 Å². The van der Waals surface area contributed by atoms with Crippen LogP contribution in [0, 0.1) is 0 Å². The van der Waals surface area contributed by atoms with Gasteiger partial charge in [0.15, 0.2) is 9.84 Å². The van der Waals surface area contributed by atoms with Crippen molar-refractivity contribution in [1.82, 2.24) is 0 Å². The van der Waals surface area contributed by atoms with E-state index in [-0.39, 0.29) is 4.90 Å². The molecule has 0 saturated heterocycles. The Balaban J connectivity index is 2.51. The molecule has 5 heteroatoms. The predicted octanol–water partition coefficient (Wildman–Crippen LogP) is 1.17. The van der Waals surface area contributed by atoms with Crippen molar-refractivity contribution >= 4 is 9.84 Å². The highest BCUT2D eigenvalue weighted by Gasteiger charge is 2.41. The highest BCUT2D eigenvalue weighted by molar-refractivity contribution is 7.90. The third kappa shape index (κ3) is 2.61. The summed E-state index contributed by atoms with van der Waals surface area (Å²) in [6.45, 7) is 0. The molecule has 94 valence electrons. The lowest BCUT2D eigenvalue weighted by atomic mass is 10.1. The van der Waals surface area contributed by atoms with Gasteiger partial charge in [0.25, 0.3) is 0 Å². The fraction of sp³-hybridized carbons (Fsp3) is 0.500. The summed E-state index contributed by atoms with van der Waals surface area (Å²) in [5.41, 5.74) is -0.161. The number of hydrogen-bond acceptors (Lipinski definition) is 4. The van der Waals surface area contributed by atoms with E-state index in [0.29, 0.717) is 30.6 Å². The van der Waals surface area contributed by atoms with Crippen LogP contribution in [-0.2, 0) is 16.3 Å². The van der Waals surface area contributed by atoms with Crippen LogP contribution >= 0.6 is 0 Å². The zero-order chi connectivity index (χ0) is 12.7. The van der Waals surface area contributed by atoms with Crippen molar-refractivity contribution in [3.8, 4) is 5.75 Å². The minimum absolute atomic E-state index is 0.247. The fourth-order valence-corrected chi connectivity index (χ4v) is 2.85. The van der Waals surface area contributed by atoms with Gasteiger partial charge < -0.3 is 9.84 Å². The number of methoxy groups -OCH3 is 1. The molecule has 1 aliphatic rings. The van der Waals surface area contributed by atoms with Crippen LogP contribution < -0.4 is 4.74 Å². The maximum atomic E-state index is 11.7. The summed E-state index contributed by atoms with van der Waals surface area (Å²) in [5.74, 6) is 0.522. The number of ether oxygens (including phenoxy) is 1. The Bertz CT molecular complexity index is 529. The van der Waals surface area contributed by atoms with Crippen LogP contribution in [0.25, 0.3) is 0 Å². The van der Waals surface area contributed by atoms with E-state index >= 15 is 0 Å². The van der Waals surface area contributed by atoms with Crippen molar-refractivity contribution in [2.24, 2.45) is 0 Å². The topological polar surface area (TPSA) is 63.6 Å². The minimum Gasteiger partial charge on any atom is -0.496 e. The molecule has 0 unspecified atom stereocenters. The highest BCUT2D eigenvalue weighted by atomic mass is 32.2. The monoisotopic (exact) mass is 256 g/mol. The fourth-order valence-electron chi connectivity index (χ4n) is 1.91. The van der Waals surface area contributed by atoms with Crippen LogP contribution in [0.3, 0.4) is 0 Å². The molecule has 0 amide bonds. The summed E-state index contributed by atoms with van der Waals surface area (Å²) in [4.78, 5) is 0.247. The second-order valence-electron chi connectivity index (χ2n) is 4.61. The van der Waals surface area contributed by atoms with Crippen LogP contribution in [0.15, 0.2) is 23.1 Å². The average molecular weight is 256 g/mol. The lowest BCUT2D eigenvalue weighted by Crippen LogP contribution is -2.15. The molecular formula is C12H16O4S. The van der Waals surface area contributed by atoms with Crippen LogP contribution in [0.1, 0.15) is 18.4 Å². The molecule has 0 aromatic heterocycles. The lowest BCUT2D eigenvalue weighted by molar-refractivity contribution is 0.149. The summed E-state index contributed by atoms with van der Waals surface area (Å²) in [7, 11) is -1.80. The van der Waals surface area contributed by atoms with Gasteiger partial charge in [-0.05, 0) is 25.0 Å². The molecule has 1 saturated carbocycles. The number of rotatable bonds is 4. The Morgan fingerprint density at radius 1 is 1.41 bits per heavy atom. The summed E-state index contributed by atoms with van der Waals surface area (Å²) < 4.78 is 28.6. The molecule has 2 rings (SSSR count). The molecule has 0 radical (unpaired) electrons. The van der Waals surface area contributed by atoms with E-state index in [9.17, 15) is 13.5 Å². The molecule has 0 bridgehead atoms. The first-order valence-electron chi connectivity index (χ1n) is 5.44. The molecule has 4 nitrogen and oxygen atoms in total. The van der Waals surface area contributed by atoms with Crippen LogP contribution in [0.2, 0.25) is 0 Å². The molecule has 1 N–H and O–H groups in total. The summed E-state index contributed by atoms with van der Waals surface area (Å²) in [6, 6.07) is 4.92. The van der Waals surface area contributed by atoms with Gasteiger partial charge in [0.1, 0.15) is 5.75 Å². The minimum atomic E-state index is -3.30. The number of hydrogen-bond donors (Lipinski definition) is 1. The quantitative estimate of drug-likeness (QED) is 0.878. The van der Waals surface area contributed by atoms with Gasteiger partial charge >= 0.3 is 0 Å². The normalized spacial score (nSPS) is 17.8. The van der Waals surface area contributed by atoms with Crippen molar-refractivity contribution in [1.29, 1.82) is 0 Å². The van der Waals surface area contributed by atoms with Crippen molar-refractivity contribution < 1.29 is 18.3 Å². The van der Waals surface area contributed by atoms with E-state index in [4.69, 9.17) is 4.74 Å². The maximum Gasteiger partial charge on any atom is 0.175 e. The van der Waals surface area contributed by atoms with Crippen molar-refractivity contribution in [3.05, 3.63) is 23.8 Å². The Kier molecular flexibility index (Phi) is 2.91. The molecule has 17 heavy (non-hydrogen) atoms. The Morgan fingerprint density at radius 2 is 2.06 bits per heavy atom. The van der Waals surface area contributed by atoms with E-state index < -0.39 is 15.4 Å². The van der Waals surface area contributed by atoms with E-state index in [1.165, 1.54) is 13.4 Å². The summed E-state index contributed by atoms with van der Waals surface area (Å²) in [6.07, 6.45) is 2.93. The van der Waals surface area contributed by atoms with Gasteiger partial charge in [-0.2, -0.15) is 0 Å². The second-order valence-corrected chi connectivity index (χ2v) is 6.59. The molecule has 0 heterocycles. The molecule has 1 fully saturated rings. The van der Waals surface area contributed by atoms with Crippen molar-refractivity contribution in [3.63, 3.8) is 0 Å². The van der Waals surface area contributed by atoms with Gasteiger partial charge in [-0.15, -0.1) is 0 Å². The smallest absolute Gasteiger partial charge is 0.175 e. The van der Waals surface area contributed by atoms with E-state index in [0.717, 1.165) is 0 Å². The summed E-state index contributed by atoms with van der Waals surface area (Å²) >= 11 is 0. The molecule has 1 aromatic carbocycles. The maximum absolute atomic E-state index is 11.7. The van der Waals surface area contributed by atoms with Crippen LogP contribution in [0.4, 0.5) is 0 Å². The van der Waals surface area contributed by atoms with E-state index in [1.54, 1.807) is 18.2 Å². The van der Waals surface area contributed by atoms with Crippen LogP contribution in [0.5, 0.6) is 5.75 Å². The lowest BCUT2D eigenvalue weighted by Gasteiger charge is -2.15. The molecule has 1 aromatic rings. The Morgan fingerprint density at radius 3 is 2.53 bits per heavy atom. The standard InChI is InChI=1S/C12H16O4S/c1-16-10-4-3-5-11(17(2,14)15)9(10)8-12(13)6-7-12/h3-5,13H,6-8H2,1-2H3. The van der Waals surface area contributed by atoms with E-state index in [2.05, 4.69) is 0 Å². The highest BCUT2D eigenvalue weighted by Crippen LogP contribution is 2.41. The number of benzene rings is 1. The third-order valence-electron chi connectivity index (χ3n) is 3.04. The Hall–Kier alpha value is -1.07. The van der Waals surface area contributed by atoms with Crippen molar-refractivity contribution in [2.75, 3.05) is 13.4 Å². The molecule has 0 atom stereocenters. The van der Waals surface area contributed by atoms with Crippen LogP contribution in [-0.4, -0.2) is 32.5 Å². The third-order valence-corrected chi connectivity index (χ3v) is 4.22. The predicted molar refractivity (Wildman–Crippen MR) is 64.0 cm³/mol. The van der Waals surface area contributed by atoms with Gasteiger partial charge in [-0.3, -0.25) is 0 Å². The van der Waals surface area contributed by atoms with Gasteiger partial charge in [0.05, 0.1) is 17.6 Å². The Labute approximate surface area is 101 Å². The first-order valence-corrected chi connectivity index (χ1v) is 7.33.